The van der Waals surface area contributed by atoms with Gasteiger partial charge >= 0.3 is 0 Å². The SMILES string of the molecule is CC/C=C\C/C=C\C/C=C\C/C=C\C/C=C\C/C=C\CCC(=O)NCCC(O)CCNC(=O)CC/C=C\C/C=C\C/C=C\C/C=C\C/C=C\C/C=C\CC. The first-order valence-corrected chi connectivity index (χ1v) is 20.6. The minimum Gasteiger partial charge on any atom is -0.393 e. The van der Waals surface area contributed by atoms with Gasteiger partial charge in [-0.05, 0) is 103 Å². The molecule has 54 heavy (non-hydrogen) atoms. The van der Waals surface area contributed by atoms with Gasteiger partial charge in [0.15, 0.2) is 0 Å². The number of hydrogen-bond acceptors (Lipinski definition) is 3. The highest BCUT2D eigenvalue weighted by atomic mass is 16.3. The Kier molecular flexibility index (Phi) is 39.8. The maximum Gasteiger partial charge on any atom is 0.220 e. The zero-order valence-electron chi connectivity index (χ0n) is 33.8. The van der Waals surface area contributed by atoms with Crippen LogP contribution in [0.1, 0.15) is 129 Å². The van der Waals surface area contributed by atoms with Gasteiger partial charge in [-0.2, -0.15) is 0 Å². The lowest BCUT2D eigenvalue weighted by atomic mass is 10.1. The van der Waals surface area contributed by atoms with Gasteiger partial charge in [0, 0.05) is 25.9 Å². The Balaban J connectivity index is 3.70. The van der Waals surface area contributed by atoms with Crippen LogP contribution in [0.4, 0.5) is 0 Å². The van der Waals surface area contributed by atoms with Crippen molar-refractivity contribution < 1.29 is 14.7 Å². The van der Waals surface area contributed by atoms with Crippen molar-refractivity contribution in [1.82, 2.24) is 10.6 Å². The van der Waals surface area contributed by atoms with E-state index in [1.54, 1.807) is 0 Å². The molecule has 5 nitrogen and oxygen atoms in total. The fourth-order valence-corrected chi connectivity index (χ4v) is 4.79. The molecule has 0 aliphatic rings. The molecule has 0 atom stereocenters. The molecule has 5 heteroatoms. The predicted molar refractivity (Wildman–Crippen MR) is 236 cm³/mol. The van der Waals surface area contributed by atoms with Crippen LogP contribution in [0.3, 0.4) is 0 Å². The molecule has 3 N–H and O–H groups in total. The van der Waals surface area contributed by atoms with Crippen LogP contribution >= 0.6 is 0 Å². The van der Waals surface area contributed by atoms with Gasteiger partial charge in [0.25, 0.3) is 0 Å². The molecule has 0 aromatic rings. The van der Waals surface area contributed by atoms with Crippen molar-refractivity contribution in [2.24, 2.45) is 0 Å². The second-order valence-corrected chi connectivity index (χ2v) is 12.8. The smallest absolute Gasteiger partial charge is 0.220 e. The highest BCUT2D eigenvalue weighted by Gasteiger charge is 2.07. The first kappa shape index (κ1) is 49.8. The van der Waals surface area contributed by atoms with Gasteiger partial charge in [-0.1, -0.05) is 160 Å². The van der Waals surface area contributed by atoms with E-state index in [0.29, 0.717) is 51.6 Å². The monoisotopic (exact) mass is 739 g/mol. The lowest BCUT2D eigenvalue weighted by Crippen LogP contribution is -2.30. The molecule has 0 unspecified atom stereocenters. The quantitative estimate of drug-likeness (QED) is 0.0575. The van der Waals surface area contributed by atoms with Crippen molar-refractivity contribution in [3.63, 3.8) is 0 Å². The number of carbonyl (C=O) groups is 2. The molecule has 2 amide bonds. The van der Waals surface area contributed by atoms with E-state index >= 15 is 0 Å². The molecule has 298 valence electrons. The van der Waals surface area contributed by atoms with E-state index in [-0.39, 0.29) is 11.8 Å². The second kappa shape index (κ2) is 43.2. The normalized spacial score (nSPS) is 13.3. The number of carbonyl (C=O) groups excluding carboxylic acids is 2. The summed E-state index contributed by atoms with van der Waals surface area (Å²) in [6, 6.07) is 0. The molecular formula is C49H74N2O3. The van der Waals surface area contributed by atoms with Crippen LogP contribution in [0, 0.1) is 0 Å². The zero-order valence-corrected chi connectivity index (χ0v) is 33.8. The molecule has 0 fully saturated rings. The number of rotatable bonds is 34. The Bertz CT molecular complexity index is 1160. The number of aliphatic hydroxyl groups is 1. The third-order valence-corrected chi connectivity index (χ3v) is 7.87. The molecule has 0 aromatic carbocycles. The number of aliphatic hydroxyl groups excluding tert-OH is 1. The number of nitrogens with one attached hydrogen (secondary N) is 2. The Labute approximate surface area is 330 Å². The summed E-state index contributed by atoms with van der Waals surface area (Å²) in [5.74, 6) is -0.0196. The van der Waals surface area contributed by atoms with Crippen molar-refractivity contribution in [2.75, 3.05) is 13.1 Å². The third kappa shape index (κ3) is 42.2. The molecule has 0 aromatic heterocycles. The van der Waals surface area contributed by atoms with Crippen molar-refractivity contribution in [1.29, 1.82) is 0 Å². The van der Waals surface area contributed by atoms with E-state index in [4.69, 9.17) is 0 Å². The van der Waals surface area contributed by atoms with Crippen LogP contribution < -0.4 is 10.6 Å². The van der Waals surface area contributed by atoms with Gasteiger partial charge < -0.3 is 15.7 Å². The Morgan fingerprint density at radius 1 is 0.389 bits per heavy atom. The summed E-state index contributed by atoms with van der Waals surface area (Å²) in [5, 5.41) is 16.0. The Hall–Kier alpha value is -4.22. The summed E-state index contributed by atoms with van der Waals surface area (Å²) in [6.45, 7) is 5.16. The Morgan fingerprint density at radius 2 is 0.611 bits per heavy atom. The van der Waals surface area contributed by atoms with Crippen molar-refractivity contribution in [3.8, 4) is 0 Å². The zero-order chi connectivity index (χ0) is 39.3. The first-order valence-electron chi connectivity index (χ1n) is 20.6. The van der Waals surface area contributed by atoms with Gasteiger partial charge in [-0.3, -0.25) is 9.59 Å². The van der Waals surface area contributed by atoms with Gasteiger partial charge in [0.05, 0.1) is 6.10 Å². The van der Waals surface area contributed by atoms with Crippen LogP contribution in [-0.2, 0) is 9.59 Å². The molecule has 0 bridgehead atoms. The lowest BCUT2D eigenvalue weighted by molar-refractivity contribution is -0.121. The maximum absolute atomic E-state index is 12.1. The topological polar surface area (TPSA) is 78.4 Å². The second-order valence-electron chi connectivity index (χ2n) is 12.8. The van der Waals surface area contributed by atoms with Crippen molar-refractivity contribution >= 4 is 11.8 Å². The number of amides is 2. The largest absolute Gasteiger partial charge is 0.393 e. The molecule has 0 rings (SSSR count). The minimum absolute atomic E-state index is 0.00979. The standard InChI is InChI=1S/C49H74N2O3/c1-3-5-7-9-11-13-15-17-19-21-23-25-27-29-31-33-35-37-39-41-48(53)50-45-43-47(52)44-46-51-49(54)42-40-38-36-34-32-30-28-26-24-22-20-18-16-14-12-10-8-6-4-2/h5-8,11-14,17-20,23-26,29-32,35-38,47,52H,3-4,9-10,15-16,21-22,27-28,33-34,39-46H2,1-2H3,(H,50,53)(H,51,54)/b7-5-,8-6-,13-11-,14-12-,19-17-,20-18-,25-23-,26-24-,31-29-,32-30-,37-35-,38-36-. The summed E-state index contributed by atoms with van der Waals surface area (Å²) in [6.07, 6.45) is 66.4. The molecule has 0 saturated carbocycles. The van der Waals surface area contributed by atoms with Gasteiger partial charge in [-0.15, -0.1) is 0 Å². The summed E-state index contributed by atoms with van der Waals surface area (Å²) in [4.78, 5) is 24.2. The molecule has 0 spiro atoms. The van der Waals surface area contributed by atoms with E-state index < -0.39 is 6.10 Å². The van der Waals surface area contributed by atoms with Crippen LogP contribution in [0.15, 0.2) is 146 Å². The predicted octanol–water partition coefficient (Wildman–Crippen LogP) is 12.3. The molecule has 0 saturated heterocycles. The molecule has 0 radical (unpaired) electrons. The summed E-state index contributed by atoms with van der Waals surface area (Å²) >= 11 is 0. The van der Waals surface area contributed by atoms with Crippen molar-refractivity contribution in [3.05, 3.63) is 146 Å². The maximum atomic E-state index is 12.1. The lowest BCUT2D eigenvalue weighted by Gasteiger charge is -2.12. The highest BCUT2D eigenvalue weighted by molar-refractivity contribution is 5.76. The van der Waals surface area contributed by atoms with Gasteiger partial charge in [0.1, 0.15) is 0 Å². The van der Waals surface area contributed by atoms with E-state index in [2.05, 4.69) is 158 Å². The Morgan fingerprint density at radius 3 is 0.852 bits per heavy atom. The van der Waals surface area contributed by atoms with Crippen LogP contribution in [0.2, 0.25) is 0 Å². The highest BCUT2D eigenvalue weighted by Crippen LogP contribution is 2.01. The molecule has 0 aliphatic carbocycles. The van der Waals surface area contributed by atoms with E-state index in [1.807, 2.05) is 12.2 Å². The summed E-state index contributed by atoms with van der Waals surface area (Å²) < 4.78 is 0. The van der Waals surface area contributed by atoms with Crippen LogP contribution in [-0.4, -0.2) is 36.1 Å². The first-order chi connectivity index (χ1) is 26.6. The van der Waals surface area contributed by atoms with Crippen LogP contribution in [0.5, 0.6) is 0 Å². The van der Waals surface area contributed by atoms with Crippen LogP contribution in [0.25, 0.3) is 0 Å². The minimum atomic E-state index is -0.558. The van der Waals surface area contributed by atoms with E-state index in [1.165, 1.54) is 0 Å². The fraction of sp³-hybridized carbons (Fsp3) is 0.469. The van der Waals surface area contributed by atoms with Gasteiger partial charge in [-0.25, -0.2) is 0 Å². The van der Waals surface area contributed by atoms with E-state index in [0.717, 1.165) is 77.0 Å². The summed E-state index contributed by atoms with van der Waals surface area (Å²) in [7, 11) is 0. The fourth-order valence-electron chi connectivity index (χ4n) is 4.79. The number of hydrogen-bond donors (Lipinski definition) is 3. The summed E-state index contributed by atoms with van der Waals surface area (Å²) in [5.41, 5.74) is 0. The molecule has 0 aliphatic heterocycles. The average molecular weight is 739 g/mol. The average Bonchev–Trinajstić information content (AvgIpc) is 3.16. The van der Waals surface area contributed by atoms with Crippen molar-refractivity contribution in [2.45, 2.75) is 136 Å². The van der Waals surface area contributed by atoms with Gasteiger partial charge in [0.2, 0.25) is 11.8 Å². The van der Waals surface area contributed by atoms with E-state index in [9.17, 15) is 14.7 Å². The third-order valence-electron chi connectivity index (χ3n) is 7.87. The number of allylic oxidation sites excluding steroid dienone is 24. The molecule has 0 heterocycles. The molecular weight excluding hydrogens is 665 g/mol.